The van der Waals surface area contributed by atoms with Crippen molar-refractivity contribution < 1.29 is 0 Å². The molecule has 0 heteroatoms. The zero-order chi connectivity index (χ0) is 10.7. The molecule has 0 atom stereocenters. The third kappa shape index (κ3) is 7.58. The van der Waals surface area contributed by atoms with Crippen molar-refractivity contribution in [2.24, 2.45) is 0 Å². The van der Waals surface area contributed by atoms with Gasteiger partial charge in [-0.1, -0.05) is 71.9 Å². The standard InChI is InChI=1S/C9H12.2C2H6/c1-8(2)9-6-4-3-5-7-9;2*1-2/h3-8H,1-2H3;2*1-2H3. The maximum Gasteiger partial charge on any atom is -0.0219 e. The monoisotopic (exact) mass is 180 g/mol. The summed E-state index contributed by atoms with van der Waals surface area (Å²) in [7, 11) is 0. The van der Waals surface area contributed by atoms with Crippen LogP contribution in [0.4, 0.5) is 0 Å². The fraction of sp³-hybridized carbons (Fsp3) is 0.538. The summed E-state index contributed by atoms with van der Waals surface area (Å²) in [6.45, 7) is 12.4. The van der Waals surface area contributed by atoms with Crippen molar-refractivity contribution in [3.8, 4) is 0 Å². The number of hydrogen-bond donors (Lipinski definition) is 0. The van der Waals surface area contributed by atoms with Crippen molar-refractivity contribution in [3.63, 3.8) is 0 Å². The lowest BCUT2D eigenvalue weighted by Gasteiger charge is -2.01. The SMILES string of the molecule is CC.CC.CC(C)c1ccccc1. The van der Waals surface area contributed by atoms with E-state index in [1.165, 1.54) is 5.56 Å². The van der Waals surface area contributed by atoms with Gasteiger partial charge in [-0.05, 0) is 11.5 Å². The van der Waals surface area contributed by atoms with Gasteiger partial charge in [-0.3, -0.25) is 0 Å². The summed E-state index contributed by atoms with van der Waals surface area (Å²) >= 11 is 0. The Hall–Kier alpha value is -0.780. The van der Waals surface area contributed by atoms with Crippen LogP contribution in [0.2, 0.25) is 0 Å². The first kappa shape index (κ1) is 14.7. The van der Waals surface area contributed by atoms with Crippen LogP contribution < -0.4 is 0 Å². The zero-order valence-electron chi connectivity index (χ0n) is 9.96. The van der Waals surface area contributed by atoms with Gasteiger partial charge in [0.2, 0.25) is 0 Å². The van der Waals surface area contributed by atoms with E-state index in [-0.39, 0.29) is 0 Å². The normalized spacial score (nSPS) is 7.92. The summed E-state index contributed by atoms with van der Waals surface area (Å²) < 4.78 is 0. The van der Waals surface area contributed by atoms with Crippen LogP contribution in [0.15, 0.2) is 30.3 Å². The first-order chi connectivity index (χ1) is 6.30. The highest BCUT2D eigenvalue weighted by Crippen LogP contribution is 2.11. The van der Waals surface area contributed by atoms with Gasteiger partial charge >= 0.3 is 0 Å². The van der Waals surface area contributed by atoms with E-state index < -0.39 is 0 Å². The van der Waals surface area contributed by atoms with Gasteiger partial charge in [0, 0.05) is 0 Å². The molecule has 0 radical (unpaired) electrons. The molecule has 1 aromatic rings. The summed E-state index contributed by atoms with van der Waals surface area (Å²) in [4.78, 5) is 0. The molecule has 0 fully saturated rings. The summed E-state index contributed by atoms with van der Waals surface area (Å²) in [5.41, 5.74) is 1.41. The molecule has 0 aromatic heterocycles. The van der Waals surface area contributed by atoms with Crippen molar-refractivity contribution in [1.29, 1.82) is 0 Å². The van der Waals surface area contributed by atoms with Crippen molar-refractivity contribution in [3.05, 3.63) is 35.9 Å². The van der Waals surface area contributed by atoms with Gasteiger partial charge in [-0.2, -0.15) is 0 Å². The lowest BCUT2D eigenvalue weighted by molar-refractivity contribution is 0.867. The quantitative estimate of drug-likeness (QED) is 0.579. The molecule has 0 amide bonds. The summed E-state index contributed by atoms with van der Waals surface area (Å²) in [6.07, 6.45) is 0. The topological polar surface area (TPSA) is 0 Å². The predicted octanol–water partition coefficient (Wildman–Crippen LogP) is 4.86. The minimum Gasteiger partial charge on any atom is -0.0683 e. The van der Waals surface area contributed by atoms with E-state index in [0.29, 0.717) is 5.92 Å². The van der Waals surface area contributed by atoms with Crippen LogP contribution >= 0.6 is 0 Å². The van der Waals surface area contributed by atoms with E-state index in [0.717, 1.165) is 0 Å². The second-order valence-electron chi connectivity index (χ2n) is 2.57. The molecule has 0 aliphatic heterocycles. The van der Waals surface area contributed by atoms with Crippen molar-refractivity contribution in [2.75, 3.05) is 0 Å². The Kier molecular flexibility index (Phi) is 12.7. The van der Waals surface area contributed by atoms with Gasteiger partial charge < -0.3 is 0 Å². The highest BCUT2D eigenvalue weighted by atomic mass is 14.0. The Balaban J connectivity index is 0. The predicted molar refractivity (Wildman–Crippen MR) is 63.2 cm³/mol. The Morgan fingerprint density at radius 1 is 0.769 bits per heavy atom. The Morgan fingerprint density at radius 2 is 1.15 bits per heavy atom. The average molecular weight is 180 g/mol. The molecule has 0 nitrogen and oxygen atoms in total. The van der Waals surface area contributed by atoms with Crippen LogP contribution in [0.3, 0.4) is 0 Å². The van der Waals surface area contributed by atoms with Crippen molar-refractivity contribution in [2.45, 2.75) is 47.5 Å². The maximum absolute atomic E-state index is 2.20. The van der Waals surface area contributed by atoms with E-state index in [4.69, 9.17) is 0 Å². The molecule has 0 spiro atoms. The van der Waals surface area contributed by atoms with Crippen LogP contribution in [0.25, 0.3) is 0 Å². The van der Waals surface area contributed by atoms with Gasteiger partial charge in [0.05, 0.1) is 0 Å². The van der Waals surface area contributed by atoms with E-state index in [9.17, 15) is 0 Å². The molecule has 0 bridgehead atoms. The molecular weight excluding hydrogens is 156 g/mol. The third-order valence-corrected chi connectivity index (χ3v) is 1.47. The molecule has 0 N–H and O–H groups in total. The molecule has 0 unspecified atom stereocenters. The average Bonchev–Trinajstić information content (AvgIpc) is 2.25. The smallest absolute Gasteiger partial charge is 0.0219 e. The van der Waals surface area contributed by atoms with E-state index in [2.05, 4.69) is 38.1 Å². The number of rotatable bonds is 1. The summed E-state index contributed by atoms with van der Waals surface area (Å²) in [6, 6.07) is 10.5. The first-order valence-corrected chi connectivity index (χ1v) is 5.35. The van der Waals surface area contributed by atoms with Crippen LogP contribution in [-0.4, -0.2) is 0 Å². The fourth-order valence-electron chi connectivity index (χ4n) is 0.838. The van der Waals surface area contributed by atoms with Crippen molar-refractivity contribution in [1.82, 2.24) is 0 Å². The lowest BCUT2D eigenvalue weighted by Crippen LogP contribution is -1.83. The molecule has 1 aromatic carbocycles. The highest BCUT2D eigenvalue weighted by molar-refractivity contribution is 5.17. The van der Waals surface area contributed by atoms with Crippen LogP contribution in [0.1, 0.15) is 53.0 Å². The van der Waals surface area contributed by atoms with Crippen LogP contribution in [0, 0.1) is 0 Å². The van der Waals surface area contributed by atoms with E-state index >= 15 is 0 Å². The Labute approximate surface area is 84.0 Å². The Morgan fingerprint density at radius 3 is 1.38 bits per heavy atom. The second kappa shape index (κ2) is 11.2. The van der Waals surface area contributed by atoms with Gasteiger partial charge in [-0.25, -0.2) is 0 Å². The van der Waals surface area contributed by atoms with Gasteiger partial charge in [0.1, 0.15) is 0 Å². The number of benzene rings is 1. The largest absolute Gasteiger partial charge is 0.0683 e. The maximum atomic E-state index is 2.20. The molecule has 13 heavy (non-hydrogen) atoms. The highest BCUT2D eigenvalue weighted by Gasteiger charge is 1.93. The molecule has 76 valence electrons. The molecule has 0 saturated heterocycles. The minimum atomic E-state index is 0.659. The van der Waals surface area contributed by atoms with E-state index in [1.807, 2.05) is 33.8 Å². The molecule has 0 saturated carbocycles. The van der Waals surface area contributed by atoms with Gasteiger partial charge in [0.15, 0.2) is 0 Å². The summed E-state index contributed by atoms with van der Waals surface area (Å²) in [5, 5.41) is 0. The summed E-state index contributed by atoms with van der Waals surface area (Å²) in [5.74, 6) is 0.659. The molecule has 0 aliphatic rings. The first-order valence-electron chi connectivity index (χ1n) is 5.35. The molecular formula is C13H24. The van der Waals surface area contributed by atoms with Crippen LogP contribution in [0.5, 0.6) is 0 Å². The number of hydrogen-bond acceptors (Lipinski definition) is 0. The molecule has 1 rings (SSSR count). The van der Waals surface area contributed by atoms with Gasteiger partial charge in [-0.15, -0.1) is 0 Å². The van der Waals surface area contributed by atoms with Crippen molar-refractivity contribution >= 4 is 0 Å². The minimum absolute atomic E-state index is 0.659. The van der Waals surface area contributed by atoms with E-state index in [1.54, 1.807) is 0 Å². The van der Waals surface area contributed by atoms with Crippen LogP contribution in [-0.2, 0) is 0 Å². The Bertz CT molecular complexity index is 163. The lowest BCUT2D eigenvalue weighted by atomic mass is 10.0. The molecule has 0 aliphatic carbocycles. The third-order valence-electron chi connectivity index (χ3n) is 1.47. The van der Waals surface area contributed by atoms with Gasteiger partial charge in [0.25, 0.3) is 0 Å². The fourth-order valence-corrected chi connectivity index (χ4v) is 0.838. The zero-order valence-corrected chi connectivity index (χ0v) is 9.96. The second-order valence-corrected chi connectivity index (χ2v) is 2.57. The molecule has 0 heterocycles.